The fourth-order valence-electron chi connectivity index (χ4n) is 2.83. The van der Waals surface area contributed by atoms with Crippen LogP contribution in [0.25, 0.3) is 10.8 Å². The molecular formula is C20H20FNO4. The Bertz CT molecular complexity index is 914. The summed E-state index contributed by atoms with van der Waals surface area (Å²) in [7, 11) is 3.06. The highest BCUT2D eigenvalue weighted by Crippen LogP contribution is 2.34. The topological polar surface area (TPSA) is 60.8 Å². The average Bonchev–Trinajstić information content (AvgIpc) is 2.67. The Morgan fingerprint density at radius 3 is 2.54 bits per heavy atom. The van der Waals surface area contributed by atoms with Crippen molar-refractivity contribution >= 4 is 10.8 Å². The number of aromatic hydroxyl groups is 1. The van der Waals surface area contributed by atoms with Crippen molar-refractivity contribution in [3.8, 4) is 23.0 Å². The van der Waals surface area contributed by atoms with Crippen molar-refractivity contribution in [3.63, 3.8) is 0 Å². The molecule has 0 unspecified atom stereocenters. The summed E-state index contributed by atoms with van der Waals surface area (Å²) < 4.78 is 28.5. The Balaban J connectivity index is 2.02. The van der Waals surface area contributed by atoms with Crippen molar-refractivity contribution in [2.45, 2.75) is 6.42 Å². The molecule has 0 spiro atoms. The van der Waals surface area contributed by atoms with Crippen LogP contribution in [-0.4, -0.2) is 37.6 Å². The quantitative estimate of drug-likeness (QED) is 0.695. The van der Waals surface area contributed by atoms with Gasteiger partial charge in [-0.2, -0.15) is 0 Å². The van der Waals surface area contributed by atoms with Crippen molar-refractivity contribution in [1.82, 2.24) is 4.98 Å². The molecule has 0 aliphatic carbocycles. The van der Waals surface area contributed by atoms with Crippen LogP contribution in [0.5, 0.6) is 23.0 Å². The van der Waals surface area contributed by atoms with E-state index in [2.05, 4.69) is 4.98 Å². The van der Waals surface area contributed by atoms with Gasteiger partial charge in [-0.3, -0.25) is 4.98 Å². The number of hydrogen-bond donors (Lipinski definition) is 1. The van der Waals surface area contributed by atoms with E-state index in [0.29, 0.717) is 23.7 Å². The van der Waals surface area contributed by atoms with E-state index in [9.17, 15) is 9.50 Å². The molecule has 0 saturated carbocycles. The number of ether oxygens (including phenoxy) is 3. The molecule has 2 aromatic carbocycles. The van der Waals surface area contributed by atoms with Gasteiger partial charge in [-0.15, -0.1) is 0 Å². The molecule has 136 valence electrons. The Kier molecular flexibility index (Phi) is 5.41. The first-order valence-electron chi connectivity index (χ1n) is 8.16. The van der Waals surface area contributed by atoms with Gasteiger partial charge in [0.25, 0.3) is 0 Å². The molecule has 0 aliphatic heterocycles. The van der Waals surface area contributed by atoms with Crippen LogP contribution in [0.1, 0.15) is 11.3 Å². The maximum Gasteiger partial charge on any atom is 0.161 e. The maximum absolute atomic E-state index is 12.5. The number of halogens is 1. The number of nitrogens with zero attached hydrogens (tertiary/aromatic N) is 1. The first-order valence-corrected chi connectivity index (χ1v) is 8.16. The van der Waals surface area contributed by atoms with E-state index >= 15 is 0 Å². The number of hydrogen-bond acceptors (Lipinski definition) is 5. The number of rotatable bonds is 7. The van der Waals surface area contributed by atoms with Gasteiger partial charge in [-0.05, 0) is 41.3 Å². The Morgan fingerprint density at radius 1 is 1.00 bits per heavy atom. The van der Waals surface area contributed by atoms with Crippen LogP contribution in [0.2, 0.25) is 0 Å². The van der Waals surface area contributed by atoms with Crippen molar-refractivity contribution < 1.29 is 23.7 Å². The van der Waals surface area contributed by atoms with Gasteiger partial charge in [-0.25, -0.2) is 4.39 Å². The van der Waals surface area contributed by atoms with Crippen LogP contribution in [0, 0.1) is 0 Å². The third-order valence-electron chi connectivity index (χ3n) is 4.08. The zero-order valence-electron chi connectivity index (χ0n) is 14.7. The van der Waals surface area contributed by atoms with Gasteiger partial charge in [-0.1, -0.05) is 6.07 Å². The third kappa shape index (κ3) is 3.64. The largest absolute Gasteiger partial charge is 0.504 e. The molecule has 1 N–H and O–H groups in total. The fourth-order valence-corrected chi connectivity index (χ4v) is 2.83. The monoisotopic (exact) mass is 357 g/mol. The summed E-state index contributed by atoms with van der Waals surface area (Å²) >= 11 is 0. The van der Waals surface area contributed by atoms with Gasteiger partial charge in [0.1, 0.15) is 13.3 Å². The van der Waals surface area contributed by atoms with Gasteiger partial charge in [0.05, 0.1) is 19.9 Å². The SMILES string of the molecule is COc1cc(Cc2nccc3cc(OC)c(OCCF)cc23)ccc1O. The number of aromatic nitrogens is 1. The van der Waals surface area contributed by atoms with Crippen molar-refractivity contribution in [1.29, 1.82) is 0 Å². The molecule has 1 aromatic heterocycles. The molecule has 0 saturated heterocycles. The molecule has 0 atom stereocenters. The summed E-state index contributed by atoms with van der Waals surface area (Å²) in [6, 6.07) is 10.8. The van der Waals surface area contributed by atoms with Crippen LogP contribution in [-0.2, 0) is 6.42 Å². The summed E-state index contributed by atoms with van der Waals surface area (Å²) in [5, 5.41) is 11.6. The number of fused-ring (bicyclic) bond motifs is 1. The zero-order chi connectivity index (χ0) is 18.5. The number of pyridine rings is 1. The number of phenolic OH excluding ortho intramolecular Hbond substituents is 1. The minimum atomic E-state index is -0.575. The third-order valence-corrected chi connectivity index (χ3v) is 4.08. The molecule has 0 aliphatic rings. The van der Waals surface area contributed by atoms with E-state index in [1.54, 1.807) is 25.4 Å². The van der Waals surface area contributed by atoms with E-state index in [4.69, 9.17) is 14.2 Å². The lowest BCUT2D eigenvalue weighted by atomic mass is 10.0. The lowest BCUT2D eigenvalue weighted by molar-refractivity contribution is 0.260. The maximum atomic E-state index is 12.5. The smallest absolute Gasteiger partial charge is 0.161 e. The molecule has 3 rings (SSSR count). The Morgan fingerprint density at radius 2 is 1.81 bits per heavy atom. The highest BCUT2D eigenvalue weighted by Gasteiger charge is 2.12. The van der Waals surface area contributed by atoms with Gasteiger partial charge >= 0.3 is 0 Å². The van der Waals surface area contributed by atoms with Gasteiger partial charge in [0.2, 0.25) is 0 Å². The minimum absolute atomic E-state index is 0.0351. The molecule has 0 fully saturated rings. The Hall–Kier alpha value is -3.02. The highest BCUT2D eigenvalue weighted by molar-refractivity contribution is 5.88. The fraction of sp³-hybridized carbons (Fsp3) is 0.250. The van der Waals surface area contributed by atoms with Gasteiger partial charge in [0.15, 0.2) is 23.0 Å². The first-order chi connectivity index (χ1) is 12.7. The summed E-state index contributed by atoms with van der Waals surface area (Å²) in [5.74, 6) is 1.54. The van der Waals surface area contributed by atoms with Crippen LogP contribution in [0.4, 0.5) is 4.39 Å². The Labute approximate surface area is 151 Å². The number of phenols is 1. The van der Waals surface area contributed by atoms with E-state index in [1.165, 1.54) is 7.11 Å². The molecular weight excluding hydrogens is 337 g/mol. The highest BCUT2D eigenvalue weighted by atomic mass is 19.1. The molecule has 6 heteroatoms. The molecule has 1 heterocycles. The lowest BCUT2D eigenvalue weighted by Gasteiger charge is -2.13. The molecule has 26 heavy (non-hydrogen) atoms. The molecule has 3 aromatic rings. The predicted molar refractivity (Wildman–Crippen MR) is 97.2 cm³/mol. The molecule has 0 amide bonds. The number of benzene rings is 2. The average molecular weight is 357 g/mol. The predicted octanol–water partition coefficient (Wildman–Crippen LogP) is 3.90. The van der Waals surface area contributed by atoms with Gasteiger partial charge in [0, 0.05) is 18.0 Å². The second kappa shape index (κ2) is 7.91. The summed E-state index contributed by atoms with van der Waals surface area (Å²) in [4.78, 5) is 4.48. The molecule has 5 nitrogen and oxygen atoms in total. The van der Waals surface area contributed by atoms with Crippen molar-refractivity contribution in [2.75, 3.05) is 27.5 Å². The second-order valence-corrected chi connectivity index (χ2v) is 5.70. The van der Waals surface area contributed by atoms with Crippen LogP contribution in [0.3, 0.4) is 0 Å². The summed E-state index contributed by atoms with van der Waals surface area (Å²) in [5.41, 5.74) is 1.78. The van der Waals surface area contributed by atoms with E-state index in [0.717, 1.165) is 22.0 Å². The normalized spacial score (nSPS) is 10.7. The minimum Gasteiger partial charge on any atom is -0.504 e. The van der Waals surface area contributed by atoms with Crippen LogP contribution >= 0.6 is 0 Å². The molecule has 0 bridgehead atoms. The summed E-state index contributed by atoms with van der Waals surface area (Å²) in [6.07, 6.45) is 2.28. The van der Waals surface area contributed by atoms with Crippen molar-refractivity contribution in [3.05, 3.63) is 53.9 Å². The van der Waals surface area contributed by atoms with E-state index in [1.807, 2.05) is 24.3 Å². The number of methoxy groups -OCH3 is 2. The standard InChI is InChI=1S/C20H20FNO4/c1-24-18-10-13(3-4-17(18)23)9-16-15-12-20(26-8-6-21)19(25-2)11-14(15)5-7-22-16/h3-5,7,10-12,23H,6,8-9H2,1-2H3. The van der Waals surface area contributed by atoms with Crippen LogP contribution < -0.4 is 14.2 Å². The zero-order valence-corrected chi connectivity index (χ0v) is 14.7. The van der Waals surface area contributed by atoms with Crippen LogP contribution in [0.15, 0.2) is 42.6 Å². The van der Waals surface area contributed by atoms with Gasteiger partial charge < -0.3 is 19.3 Å². The summed E-state index contributed by atoms with van der Waals surface area (Å²) in [6.45, 7) is -0.610. The first kappa shape index (κ1) is 17.8. The van der Waals surface area contributed by atoms with E-state index < -0.39 is 6.67 Å². The molecule has 0 radical (unpaired) electrons. The number of alkyl halides is 1. The van der Waals surface area contributed by atoms with Crippen molar-refractivity contribution in [2.24, 2.45) is 0 Å². The second-order valence-electron chi connectivity index (χ2n) is 5.70. The lowest BCUT2D eigenvalue weighted by Crippen LogP contribution is -2.01. The van der Waals surface area contributed by atoms with E-state index in [-0.39, 0.29) is 12.4 Å².